The van der Waals surface area contributed by atoms with Crippen LogP contribution < -0.4 is 5.32 Å². The topological polar surface area (TPSA) is 24.4 Å². The molecule has 1 atom stereocenters. The van der Waals surface area contributed by atoms with Gasteiger partial charge in [-0.2, -0.15) is 13.2 Å². The van der Waals surface area contributed by atoms with E-state index in [9.17, 15) is 13.2 Å². The van der Waals surface area contributed by atoms with Gasteiger partial charge in [-0.1, -0.05) is 27.7 Å². The largest absolute Gasteiger partial charge is 0.417 e. The lowest BCUT2D eigenvalue weighted by atomic mass is 10.2. The number of thioether (sulfide) groups is 1. The minimum atomic E-state index is -4.37. The third-order valence-corrected chi connectivity index (χ3v) is 4.25. The van der Waals surface area contributed by atoms with Crippen LogP contribution in [0.2, 0.25) is 0 Å². The number of benzene rings is 1. The van der Waals surface area contributed by atoms with Gasteiger partial charge in [-0.15, -0.1) is 0 Å². The van der Waals surface area contributed by atoms with Gasteiger partial charge in [0, 0.05) is 15.9 Å². The fourth-order valence-electron chi connectivity index (χ4n) is 1.64. The fraction of sp³-hybridized carbons (Fsp3) is 0.417. The van der Waals surface area contributed by atoms with Crippen LogP contribution >= 0.6 is 27.7 Å². The summed E-state index contributed by atoms with van der Waals surface area (Å²) >= 11 is 4.44. The van der Waals surface area contributed by atoms with Gasteiger partial charge in [0.25, 0.3) is 0 Å². The Morgan fingerprint density at radius 3 is 2.79 bits per heavy atom. The number of aliphatic imine (C=N–C) groups is 1. The molecule has 0 fully saturated rings. The summed E-state index contributed by atoms with van der Waals surface area (Å²) in [6.45, 7) is 1.99. The first kappa shape index (κ1) is 14.7. The van der Waals surface area contributed by atoms with E-state index in [4.69, 9.17) is 0 Å². The summed E-state index contributed by atoms with van der Waals surface area (Å²) in [5, 5.41) is 3.62. The lowest BCUT2D eigenvalue weighted by Crippen LogP contribution is -2.18. The Hall–Kier alpha value is -0.690. The second-order valence-corrected chi connectivity index (χ2v) is 6.18. The average Bonchev–Trinajstić information content (AvgIpc) is 2.30. The zero-order valence-electron chi connectivity index (χ0n) is 10.1. The third-order valence-electron chi connectivity index (χ3n) is 2.64. The number of nitrogens with zero attached hydrogens (tertiary/aromatic N) is 1. The first-order valence-electron chi connectivity index (χ1n) is 5.70. The van der Waals surface area contributed by atoms with Crippen LogP contribution in [0.4, 0.5) is 18.9 Å². The number of rotatable bonds is 1. The Labute approximate surface area is 122 Å². The minimum Gasteiger partial charge on any atom is -0.335 e. The van der Waals surface area contributed by atoms with Gasteiger partial charge in [0.2, 0.25) is 0 Å². The molecule has 19 heavy (non-hydrogen) atoms. The van der Waals surface area contributed by atoms with Crippen molar-refractivity contribution in [2.24, 2.45) is 4.99 Å². The van der Waals surface area contributed by atoms with E-state index in [1.807, 2.05) is 6.92 Å². The summed E-state index contributed by atoms with van der Waals surface area (Å²) in [6, 6.07) is 4.29. The Morgan fingerprint density at radius 1 is 1.42 bits per heavy atom. The molecular weight excluding hydrogens is 341 g/mol. The summed E-state index contributed by atoms with van der Waals surface area (Å²) in [5.41, 5.74) is -0.289. The van der Waals surface area contributed by atoms with E-state index in [1.54, 1.807) is 6.07 Å². The van der Waals surface area contributed by atoms with Crippen molar-refractivity contribution in [1.82, 2.24) is 0 Å². The highest BCUT2D eigenvalue weighted by atomic mass is 79.9. The Kier molecular flexibility index (Phi) is 4.45. The quantitative estimate of drug-likeness (QED) is 0.787. The Bertz CT molecular complexity index is 502. The lowest BCUT2D eigenvalue weighted by Gasteiger charge is -2.18. The highest BCUT2D eigenvalue weighted by Gasteiger charge is 2.33. The predicted octanol–water partition coefficient (Wildman–Crippen LogP) is 4.76. The molecule has 0 radical (unpaired) electrons. The molecule has 0 bridgehead atoms. The molecule has 1 heterocycles. The van der Waals surface area contributed by atoms with Crippen LogP contribution in [0.3, 0.4) is 0 Å². The van der Waals surface area contributed by atoms with Crippen molar-refractivity contribution in [1.29, 1.82) is 0 Å². The monoisotopic (exact) mass is 352 g/mol. The van der Waals surface area contributed by atoms with E-state index in [1.165, 1.54) is 17.8 Å². The first-order chi connectivity index (χ1) is 8.86. The van der Waals surface area contributed by atoms with Crippen LogP contribution in [0.5, 0.6) is 0 Å². The van der Waals surface area contributed by atoms with E-state index in [-0.39, 0.29) is 10.5 Å². The zero-order valence-corrected chi connectivity index (χ0v) is 12.5. The smallest absolute Gasteiger partial charge is 0.335 e. The zero-order chi connectivity index (χ0) is 14.0. The normalized spacial score (nSPS) is 20.1. The molecule has 1 aliphatic heterocycles. The molecule has 1 unspecified atom stereocenters. The molecule has 1 aromatic carbocycles. The summed E-state index contributed by atoms with van der Waals surface area (Å²) in [6.07, 6.45) is -3.38. The number of anilines is 1. The number of hydrogen-bond acceptors (Lipinski definition) is 3. The molecule has 7 heteroatoms. The number of alkyl halides is 3. The summed E-state index contributed by atoms with van der Waals surface area (Å²) in [7, 11) is 0. The van der Waals surface area contributed by atoms with Crippen LogP contribution in [0.25, 0.3) is 0 Å². The maximum absolute atomic E-state index is 12.8. The maximum atomic E-state index is 12.8. The molecular formula is C12H12BrF3N2S. The van der Waals surface area contributed by atoms with Crippen LogP contribution in [-0.2, 0) is 6.18 Å². The van der Waals surface area contributed by atoms with Crippen LogP contribution in [0, 0.1) is 0 Å². The molecule has 0 amide bonds. The molecule has 1 aromatic rings. The minimum absolute atomic E-state index is 0.0390. The molecule has 0 saturated heterocycles. The maximum Gasteiger partial charge on any atom is 0.417 e. The van der Waals surface area contributed by atoms with E-state index >= 15 is 0 Å². The average molecular weight is 353 g/mol. The van der Waals surface area contributed by atoms with Crippen molar-refractivity contribution in [3.8, 4) is 0 Å². The molecule has 0 aliphatic carbocycles. The van der Waals surface area contributed by atoms with Gasteiger partial charge in [-0.3, -0.25) is 4.99 Å². The molecule has 0 spiro atoms. The highest BCUT2D eigenvalue weighted by molar-refractivity contribution is 9.10. The van der Waals surface area contributed by atoms with Crippen molar-refractivity contribution in [3.05, 3.63) is 28.2 Å². The number of halogens is 4. The summed E-state index contributed by atoms with van der Waals surface area (Å²) in [5.74, 6) is 0.926. The van der Waals surface area contributed by atoms with Gasteiger partial charge in [-0.25, -0.2) is 0 Å². The summed E-state index contributed by atoms with van der Waals surface area (Å²) < 4.78 is 38.4. The molecule has 1 aliphatic rings. The number of amidine groups is 1. The number of hydrogen-bond donors (Lipinski definition) is 1. The van der Waals surface area contributed by atoms with Crippen molar-refractivity contribution in [2.45, 2.75) is 25.6 Å². The molecule has 2 rings (SSSR count). The van der Waals surface area contributed by atoms with Crippen molar-refractivity contribution in [3.63, 3.8) is 0 Å². The Morgan fingerprint density at radius 2 is 2.16 bits per heavy atom. The standard InChI is InChI=1S/C12H12BrF3N2S/c1-7-4-5-19-11(17-7)18-8-2-3-10(13)9(6-8)12(14,15)16/h2-3,6-7H,4-5H2,1H3,(H,17,18). The molecule has 1 N–H and O–H groups in total. The number of nitrogens with one attached hydrogen (secondary N) is 1. The van der Waals surface area contributed by atoms with Crippen molar-refractivity contribution in [2.75, 3.05) is 11.1 Å². The van der Waals surface area contributed by atoms with E-state index in [2.05, 4.69) is 26.2 Å². The van der Waals surface area contributed by atoms with E-state index in [0.29, 0.717) is 10.9 Å². The predicted molar refractivity (Wildman–Crippen MR) is 76.7 cm³/mol. The van der Waals surface area contributed by atoms with Gasteiger partial charge in [0.05, 0.1) is 11.6 Å². The van der Waals surface area contributed by atoms with Crippen LogP contribution in [-0.4, -0.2) is 17.0 Å². The van der Waals surface area contributed by atoms with Crippen molar-refractivity contribution >= 4 is 38.5 Å². The van der Waals surface area contributed by atoms with Crippen molar-refractivity contribution < 1.29 is 13.2 Å². The van der Waals surface area contributed by atoms with Gasteiger partial charge >= 0.3 is 6.18 Å². The van der Waals surface area contributed by atoms with Gasteiger partial charge in [-0.05, 0) is 31.5 Å². The second kappa shape index (κ2) is 5.75. The molecule has 0 aromatic heterocycles. The van der Waals surface area contributed by atoms with Gasteiger partial charge < -0.3 is 5.32 Å². The second-order valence-electron chi connectivity index (χ2n) is 4.24. The molecule has 0 saturated carbocycles. The Balaban J connectivity index is 2.22. The lowest BCUT2D eigenvalue weighted by molar-refractivity contribution is -0.138. The first-order valence-corrected chi connectivity index (χ1v) is 7.48. The van der Waals surface area contributed by atoms with Crippen LogP contribution in [0.1, 0.15) is 18.9 Å². The molecule has 104 valence electrons. The fourth-order valence-corrected chi connectivity index (χ4v) is 3.21. The van der Waals surface area contributed by atoms with Gasteiger partial charge in [0.15, 0.2) is 5.17 Å². The highest BCUT2D eigenvalue weighted by Crippen LogP contribution is 2.36. The van der Waals surface area contributed by atoms with Gasteiger partial charge in [0.1, 0.15) is 0 Å². The van der Waals surface area contributed by atoms with Crippen LogP contribution in [0.15, 0.2) is 27.7 Å². The van der Waals surface area contributed by atoms with E-state index in [0.717, 1.165) is 18.2 Å². The van der Waals surface area contributed by atoms with E-state index < -0.39 is 11.7 Å². The third kappa shape index (κ3) is 3.89. The SMILES string of the molecule is CC1CCSC(Nc2ccc(Br)c(C(F)(F)F)c2)=N1. The molecule has 2 nitrogen and oxygen atoms in total. The summed E-state index contributed by atoms with van der Waals surface area (Å²) in [4.78, 5) is 4.37.